The first-order valence-electron chi connectivity index (χ1n) is 5.07. The van der Waals surface area contributed by atoms with Crippen LogP contribution in [0, 0.1) is 5.82 Å². The number of rotatable bonds is 3. The van der Waals surface area contributed by atoms with Gasteiger partial charge in [0.1, 0.15) is 10.7 Å². The van der Waals surface area contributed by atoms with E-state index >= 15 is 0 Å². The van der Waals surface area contributed by atoms with Crippen LogP contribution in [0.2, 0.25) is 0 Å². The standard InChI is InChI=1S/C12H7BrFNO3S/c13-7-5-6(1-2-8(7)14)11(16)15-10-4-3-9(19-10)12(17)18/h1-5H,(H,15,16)(H,17,18). The number of hydrogen-bond acceptors (Lipinski definition) is 3. The molecular formula is C12H7BrFNO3S. The molecule has 1 amide bonds. The fraction of sp³-hybridized carbons (Fsp3) is 0. The fourth-order valence-electron chi connectivity index (χ4n) is 1.34. The lowest BCUT2D eigenvalue weighted by Crippen LogP contribution is -2.10. The Morgan fingerprint density at radius 3 is 2.58 bits per heavy atom. The molecule has 0 saturated heterocycles. The van der Waals surface area contributed by atoms with E-state index in [0.717, 1.165) is 11.3 Å². The van der Waals surface area contributed by atoms with Crippen LogP contribution in [0.3, 0.4) is 0 Å². The summed E-state index contributed by atoms with van der Waals surface area (Å²) in [7, 11) is 0. The van der Waals surface area contributed by atoms with E-state index in [0.29, 0.717) is 5.00 Å². The summed E-state index contributed by atoms with van der Waals surface area (Å²) in [6, 6.07) is 6.79. The first-order chi connectivity index (χ1) is 8.97. The summed E-state index contributed by atoms with van der Waals surface area (Å²) >= 11 is 3.95. The number of carboxylic acids is 1. The van der Waals surface area contributed by atoms with Crippen molar-refractivity contribution in [3.8, 4) is 0 Å². The number of carbonyl (C=O) groups is 2. The third-order valence-electron chi connectivity index (χ3n) is 2.24. The van der Waals surface area contributed by atoms with Gasteiger partial charge < -0.3 is 10.4 Å². The molecule has 0 radical (unpaired) electrons. The minimum atomic E-state index is -1.05. The van der Waals surface area contributed by atoms with Crippen LogP contribution in [0.4, 0.5) is 9.39 Å². The molecule has 98 valence electrons. The van der Waals surface area contributed by atoms with Crippen molar-refractivity contribution in [2.75, 3.05) is 5.32 Å². The number of nitrogens with one attached hydrogen (secondary N) is 1. The zero-order valence-corrected chi connectivity index (χ0v) is 11.7. The highest BCUT2D eigenvalue weighted by atomic mass is 79.9. The smallest absolute Gasteiger partial charge is 0.345 e. The molecule has 1 aromatic heterocycles. The van der Waals surface area contributed by atoms with E-state index in [-0.39, 0.29) is 14.9 Å². The summed E-state index contributed by atoms with van der Waals surface area (Å²) in [5.41, 5.74) is 0.276. The number of amides is 1. The third-order valence-corrected chi connectivity index (χ3v) is 3.83. The Morgan fingerprint density at radius 1 is 1.26 bits per heavy atom. The summed E-state index contributed by atoms with van der Waals surface area (Å²) in [4.78, 5) is 22.7. The van der Waals surface area contributed by atoms with Crippen LogP contribution >= 0.6 is 27.3 Å². The Morgan fingerprint density at radius 2 is 2.00 bits per heavy atom. The molecule has 4 nitrogen and oxygen atoms in total. The fourth-order valence-corrected chi connectivity index (χ4v) is 2.46. The number of hydrogen-bond donors (Lipinski definition) is 2. The Hall–Kier alpha value is -1.73. The Balaban J connectivity index is 2.15. The van der Waals surface area contributed by atoms with Gasteiger partial charge in [0.15, 0.2) is 0 Å². The maximum atomic E-state index is 13.0. The van der Waals surface area contributed by atoms with Crippen molar-refractivity contribution < 1.29 is 19.1 Å². The van der Waals surface area contributed by atoms with Crippen LogP contribution in [-0.4, -0.2) is 17.0 Å². The summed E-state index contributed by atoms with van der Waals surface area (Å²) in [5, 5.41) is 11.7. The van der Waals surface area contributed by atoms with Gasteiger partial charge in [-0.05, 0) is 46.3 Å². The first-order valence-corrected chi connectivity index (χ1v) is 6.68. The van der Waals surface area contributed by atoms with E-state index in [2.05, 4.69) is 21.2 Å². The molecule has 2 rings (SSSR count). The molecule has 0 saturated carbocycles. The summed E-state index contributed by atoms with van der Waals surface area (Å²) in [6.45, 7) is 0. The second-order valence-electron chi connectivity index (χ2n) is 3.55. The van der Waals surface area contributed by atoms with Crippen molar-refractivity contribution in [1.82, 2.24) is 0 Å². The predicted molar refractivity (Wildman–Crippen MR) is 73.3 cm³/mol. The van der Waals surface area contributed by atoms with E-state index in [1.165, 1.54) is 30.3 Å². The lowest BCUT2D eigenvalue weighted by molar-refractivity contribution is 0.0702. The first kappa shape index (κ1) is 13.7. The molecule has 0 spiro atoms. The van der Waals surface area contributed by atoms with Gasteiger partial charge in [0, 0.05) is 5.56 Å². The number of anilines is 1. The average Bonchev–Trinajstić information content (AvgIpc) is 2.81. The van der Waals surface area contributed by atoms with Crippen molar-refractivity contribution in [1.29, 1.82) is 0 Å². The molecule has 7 heteroatoms. The highest BCUT2D eigenvalue weighted by Crippen LogP contribution is 2.23. The Kier molecular flexibility index (Phi) is 3.96. The van der Waals surface area contributed by atoms with Crippen molar-refractivity contribution >= 4 is 44.1 Å². The Labute approximate surface area is 120 Å². The number of carbonyl (C=O) groups excluding carboxylic acids is 1. The monoisotopic (exact) mass is 343 g/mol. The molecule has 1 aromatic carbocycles. The van der Waals surface area contributed by atoms with E-state index in [9.17, 15) is 14.0 Å². The van der Waals surface area contributed by atoms with E-state index in [4.69, 9.17) is 5.11 Å². The summed E-state index contributed by atoms with van der Waals surface area (Å²) in [6.07, 6.45) is 0. The Bertz CT molecular complexity index is 656. The highest BCUT2D eigenvalue weighted by molar-refractivity contribution is 9.10. The van der Waals surface area contributed by atoms with Crippen LogP contribution in [0.15, 0.2) is 34.8 Å². The molecule has 2 N–H and O–H groups in total. The zero-order chi connectivity index (χ0) is 14.0. The van der Waals surface area contributed by atoms with Crippen LogP contribution in [0.1, 0.15) is 20.0 Å². The molecular weight excluding hydrogens is 337 g/mol. The molecule has 0 bridgehead atoms. The lowest BCUT2D eigenvalue weighted by atomic mass is 10.2. The van der Waals surface area contributed by atoms with Crippen LogP contribution < -0.4 is 5.32 Å². The van der Waals surface area contributed by atoms with Crippen molar-refractivity contribution in [3.63, 3.8) is 0 Å². The molecule has 0 aliphatic heterocycles. The maximum absolute atomic E-state index is 13.0. The van der Waals surface area contributed by atoms with Crippen LogP contribution in [-0.2, 0) is 0 Å². The summed E-state index contributed by atoms with van der Waals surface area (Å²) in [5.74, 6) is -1.93. The molecule has 2 aromatic rings. The zero-order valence-electron chi connectivity index (χ0n) is 9.31. The second kappa shape index (κ2) is 5.50. The molecule has 0 aliphatic carbocycles. The van der Waals surface area contributed by atoms with E-state index in [1.54, 1.807) is 0 Å². The van der Waals surface area contributed by atoms with Gasteiger partial charge in [-0.3, -0.25) is 4.79 Å². The SMILES string of the molecule is O=C(Nc1ccc(C(=O)O)s1)c1ccc(F)c(Br)c1. The van der Waals surface area contributed by atoms with E-state index < -0.39 is 17.7 Å². The van der Waals surface area contributed by atoms with Gasteiger partial charge in [-0.2, -0.15) is 0 Å². The van der Waals surface area contributed by atoms with Crippen LogP contribution in [0.5, 0.6) is 0 Å². The third kappa shape index (κ3) is 3.18. The molecule has 0 unspecified atom stereocenters. The minimum absolute atomic E-state index is 0.135. The molecule has 0 atom stereocenters. The molecule has 0 fully saturated rings. The van der Waals surface area contributed by atoms with Gasteiger partial charge in [0.05, 0.1) is 9.47 Å². The molecule has 0 aliphatic rings. The van der Waals surface area contributed by atoms with Crippen LogP contribution in [0.25, 0.3) is 0 Å². The van der Waals surface area contributed by atoms with Gasteiger partial charge in [-0.25, -0.2) is 9.18 Å². The van der Waals surface area contributed by atoms with Crippen molar-refractivity contribution in [2.45, 2.75) is 0 Å². The minimum Gasteiger partial charge on any atom is -0.477 e. The number of benzene rings is 1. The highest BCUT2D eigenvalue weighted by Gasteiger charge is 2.12. The number of thiophene rings is 1. The normalized spacial score (nSPS) is 10.2. The lowest BCUT2D eigenvalue weighted by Gasteiger charge is -2.03. The molecule has 1 heterocycles. The summed E-state index contributed by atoms with van der Waals surface area (Å²) < 4.78 is 13.2. The molecule has 19 heavy (non-hydrogen) atoms. The van der Waals surface area contributed by atoms with E-state index in [1.807, 2.05) is 0 Å². The van der Waals surface area contributed by atoms with Gasteiger partial charge in [-0.1, -0.05) is 0 Å². The average molecular weight is 344 g/mol. The largest absolute Gasteiger partial charge is 0.477 e. The van der Waals surface area contributed by atoms with Gasteiger partial charge in [0.2, 0.25) is 0 Å². The van der Waals surface area contributed by atoms with Gasteiger partial charge in [0.25, 0.3) is 5.91 Å². The number of halogens is 2. The number of carboxylic acid groups (broad SMARTS) is 1. The van der Waals surface area contributed by atoms with Gasteiger partial charge >= 0.3 is 5.97 Å². The van der Waals surface area contributed by atoms with Crippen molar-refractivity contribution in [2.24, 2.45) is 0 Å². The second-order valence-corrected chi connectivity index (χ2v) is 5.49. The quantitative estimate of drug-likeness (QED) is 0.894. The number of aromatic carboxylic acids is 1. The van der Waals surface area contributed by atoms with Crippen molar-refractivity contribution in [3.05, 3.63) is 51.1 Å². The topological polar surface area (TPSA) is 66.4 Å². The van der Waals surface area contributed by atoms with Gasteiger partial charge in [-0.15, -0.1) is 11.3 Å². The maximum Gasteiger partial charge on any atom is 0.345 e. The predicted octanol–water partition coefficient (Wildman–Crippen LogP) is 3.60.